The molecule has 1 heterocycles. The molecular weight excluding hydrogens is 373 g/mol. The quantitative estimate of drug-likeness (QED) is 0.718. The number of likely N-dealkylation sites (tertiary alicyclic amines) is 1. The van der Waals surface area contributed by atoms with Gasteiger partial charge in [0.2, 0.25) is 17.7 Å². The Morgan fingerprint density at radius 2 is 1.68 bits per heavy atom. The molecule has 0 bridgehead atoms. The van der Waals surface area contributed by atoms with E-state index in [1.54, 1.807) is 0 Å². The second kappa shape index (κ2) is 7.93. The zero-order valence-corrected chi connectivity index (χ0v) is 15.7. The van der Waals surface area contributed by atoms with Crippen LogP contribution in [0.4, 0.5) is 13.2 Å². The molecule has 5 nitrogen and oxygen atoms in total. The van der Waals surface area contributed by atoms with Crippen molar-refractivity contribution in [1.82, 2.24) is 9.80 Å². The van der Waals surface area contributed by atoms with Gasteiger partial charge in [0.15, 0.2) is 0 Å². The van der Waals surface area contributed by atoms with Crippen LogP contribution in [-0.2, 0) is 27.1 Å². The summed E-state index contributed by atoms with van der Waals surface area (Å²) in [7, 11) is 1.42. The van der Waals surface area contributed by atoms with E-state index in [2.05, 4.69) is 0 Å². The molecule has 2 unspecified atom stereocenters. The van der Waals surface area contributed by atoms with Crippen LogP contribution < -0.4 is 0 Å². The first-order valence-electron chi connectivity index (χ1n) is 9.44. The largest absolute Gasteiger partial charge is 0.416 e. The Bertz CT molecular complexity index is 754. The molecule has 1 aliphatic heterocycles. The van der Waals surface area contributed by atoms with Gasteiger partial charge in [0, 0.05) is 26.6 Å². The van der Waals surface area contributed by atoms with Crippen molar-refractivity contribution in [3.63, 3.8) is 0 Å². The molecule has 152 valence electrons. The third-order valence-corrected chi connectivity index (χ3v) is 5.64. The maximum absolute atomic E-state index is 13.1. The molecule has 2 atom stereocenters. The fraction of sp³-hybridized carbons (Fsp3) is 0.550. The lowest BCUT2D eigenvalue weighted by Crippen LogP contribution is -2.36. The Labute approximate surface area is 161 Å². The van der Waals surface area contributed by atoms with Gasteiger partial charge in [-0.15, -0.1) is 0 Å². The Kier molecular flexibility index (Phi) is 5.76. The summed E-state index contributed by atoms with van der Waals surface area (Å²) in [5.74, 6) is -1.38. The Hall–Kier alpha value is -2.38. The minimum atomic E-state index is -4.49. The molecule has 1 aliphatic carbocycles. The summed E-state index contributed by atoms with van der Waals surface area (Å²) in [5.41, 5.74) is -0.770. The van der Waals surface area contributed by atoms with E-state index in [9.17, 15) is 27.6 Å². The van der Waals surface area contributed by atoms with E-state index >= 15 is 0 Å². The van der Waals surface area contributed by atoms with E-state index in [1.165, 1.54) is 30.1 Å². The van der Waals surface area contributed by atoms with Gasteiger partial charge in [-0.1, -0.05) is 31.0 Å². The smallest absolute Gasteiger partial charge is 0.341 e. The number of amides is 3. The van der Waals surface area contributed by atoms with Gasteiger partial charge in [0.25, 0.3) is 0 Å². The van der Waals surface area contributed by atoms with E-state index in [4.69, 9.17) is 0 Å². The van der Waals surface area contributed by atoms with Crippen molar-refractivity contribution in [1.29, 1.82) is 0 Å². The zero-order valence-electron chi connectivity index (χ0n) is 15.7. The Morgan fingerprint density at radius 1 is 1.11 bits per heavy atom. The van der Waals surface area contributed by atoms with Crippen molar-refractivity contribution in [2.75, 3.05) is 13.6 Å². The van der Waals surface area contributed by atoms with Crippen LogP contribution in [0.15, 0.2) is 24.3 Å². The standard InChI is InChI=1S/C20H23F3N2O3/c1-24(12-13-6-2-5-9-16(13)20(21,22)23)17(26)10-11-25-18(27)14-7-3-4-8-15(14)19(25)28/h2,5-6,9,14-15H,3-4,7-8,10-12H2,1H3. The first kappa shape index (κ1) is 20.4. The second-order valence-corrected chi connectivity index (χ2v) is 7.48. The fourth-order valence-electron chi connectivity index (χ4n) is 4.13. The summed E-state index contributed by atoms with van der Waals surface area (Å²) in [6.45, 7) is -0.212. The first-order chi connectivity index (χ1) is 13.2. The van der Waals surface area contributed by atoms with Crippen molar-refractivity contribution >= 4 is 17.7 Å². The molecule has 2 aliphatic rings. The lowest BCUT2D eigenvalue weighted by atomic mass is 9.81. The molecule has 2 fully saturated rings. The summed E-state index contributed by atoms with van der Waals surface area (Å²) in [6, 6.07) is 5.12. The second-order valence-electron chi connectivity index (χ2n) is 7.48. The molecule has 0 N–H and O–H groups in total. The third kappa shape index (κ3) is 4.05. The van der Waals surface area contributed by atoms with E-state index in [-0.39, 0.29) is 48.7 Å². The van der Waals surface area contributed by atoms with E-state index in [0.717, 1.165) is 23.8 Å². The van der Waals surface area contributed by atoms with Crippen LogP contribution in [0.5, 0.6) is 0 Å². The number of imide groups is 1. The Morgan fingerprint density at radius 3 is 2.25 bits per heavy atom. The van der Waals surface area contributed by atoms with E-state index in [0.29, 0.717) is 12.8 Å². The molecule has 28 heavy (non-hydrogen) atoms. The van der Waals surface area contributed by atoms with Gasteiger partial charge in [-0.05, 0) is 24.5 Å². The fourth-order valence-corrected chi connectivity index (χ4v) is 4.13. The van der Waals surface area contributed by atoms with Crippen LogP contribution in [0.2, 0.25) is 0 Å². The van der Waals surface area contributed by atoms with Crippen LogP contribution in [0.3, 0.4) is 0 Å². The molecule has 1 aromatic rings. The maximum Gasteiger partial charge on any atom is 0.416 e. The van der Waals surface area contributed by atoms with Gasteiger partial charge in [0.1, 0.15) is 0 Å². The average Bonchev–Trinajstić information content (AvgIpc) is 2.90. The molecule has 1 saturated carbocycles. The number of rotatable bonds is 5. The molecule has 3 rings (SSSR count). The first-order valence-corrected chi connectivity index (χ1v) is 9.44. The highest BCUT2D eigenvalue weighted by Gasteiger charge is 2.47. The molecule has 3 amide bonds. The van der Waals surface area contributed by atoms with Crippen molar-refractivity contribution in [3.05, 3.63) is 35.4 Å². The van der Waals surface area contributed by atoms with Crippen LogP contribution in [0.1, 0.15) is 43.2 Å². The minimum absolute atomic E-state index is 0.00481. The summed E-state index contributed by atoms with van der Waals surface area (Å²) in [5, 5.41) is 0. The summed E-state index contributed by atoms with van der Waals surface area (Å²) in [4.78, 5) is 39.6. The summed E-state index contributed by atoms with van der Waals surface area (Å²) in [6.07, 6.45) is -1.34. The molecular formula is C20H23F3N2O3. The van der Waals surface area contributed by atoms with Crippen LogP contribution in [0.25, 0.3) is 0 Å². The number of hydrogen-bond donors (Lipinski definition) is 0. The number of nitrogens with zero attached hydrogens (tertiary/aromatic N) is 2. The molecule has 1 aromatic carbocycles. The SMILES string of the molecule is CN(Cc1ccccc1C(F)(F)F)C(=O)CCN1C(=O)C2CCCCC2C1=O. The number of alkyl halides is 3. The number of carbonyl (C=O) groups is 3. The van der Waals surface area contributed by atoms with Crippen molar-refractivity contribution < 1.29 is 27.6 Å². The molecule has 8 heteroatoms. The predicted molar refractivity (Wildman–Crippen MR) is 94.7 cm³/mol. The van der Waals surface area contributed by atoms with Crippen molar-refractivity contribution in [2.24, 2.45) is 11.8 Å². The van der Waals surface area contributed by atoms with E-state index in [1.807, 2.05) is 0 Å². The maximum atomic E-state index is 13.1. The number of hydrogen-bond acceptors (Lipinski definition) is 3. The monoisotopic (exact) mass is 396 g/mol. The minimum Gasteiger partial charge on any atom is -0.341 e. The van der Waals surface area contributed by atoms with Gasteiger partial charge in [-0.2, -0.15) is 13.2 Å². The Balaban J connectivity index is 1.60. The number of benzene rings is 1. The molecule has 0 spiro atoms. The molecule has 1 saturated heterocycles. The normalized spacial score (nSPS) is 22.4. The van der Waals surface area contributed by atoms with Gasteiger partial charge in [-0.25, -0.2) is 0 Å². The lowest BCUT2D eigenvalue weighted by Gasteiger charge is -2.21. The van der Waals surface area contributed by atoms with Crippen LogP contribution in [0, 0.1) is 11.8 Å². The number of halogens is 3. The summed E-state index contributed by atoms with van der Waals surface area (Å²) >= 11 is 0. The number of carbonyl (C=O) groups excluding carboxylic acids is 3. The van der Waals surface area contributed by atoms with E-state index < -0.39 is 17.6 Å². The number of fused-ring (bicyclic) bond motifs is 1. The highest BCUT2D eigenvalue weighted by molar-refractivity contribution is 6.05. The van der Waals surface area contributed by atoms with Crippen molar-refractivity contribution in [2.45, 2.75) is 44.8 Å². The van der Waals surface area contributed by atoms with Gasteiger partial charge >= 0.3 is 6.18 Å². The molecule has 0 aromatic heterocycles. The van der Waals surface area contributed by atoms with Gasteiger partial charge in [0.05, 0.1) is 17.4 Å². The highest BCUT2D eigenvalue weighted by atomic mass is 19.4. The molecule has 0 radical (unpaired) electrons. The highest BCUT2D eigenvalue weighted by Crippen LogP contribution is 2.38. The topological polar surface area (TPSA) is 57.7 Å². The zero-order chi connectivity index (χ0) is 20.5. The third-order valence-electron chi connectivity index (χ3n) is 5.64. The van der Waals surface area contributed by atoms with Crippen LogP contribution >= 0.6 is 0 Å². The van der Waals surface area contributed by atoms with Crippen molar-refractivity contribution in [3.8, 4) is 0 Å². The van der Waals surface area contributed by atoms with Gasteiger partial charge < -0.3 is 4.90 Å². The predicted octanol–water partition coefficient (Wildman–Crippen LogP) is 3.23. The lowest BCUT2D eigenvalue weighted by molar-refractivity contribution is -0.142. The summed E-state index contributed by atoms with van der Waals surface area (Å²) < 4.78 is 39.3. The average molecular weight is 396 g/mol. The van der Waals surface area contributed by atoms with Crippen LogP contribution in [-0.4, -0.2) is 41.1 Å². The van der Waals surface area contributed by atoms with Gasteiger partial charge in [-0.3, -0.25) is 19.3 Å².